The average Bonchev–Trinajstić information content (AvgIpc) is 3.13. The summed E-state index contributed by atoms with van der Waals surface area (Å²) in [5.41, 5.74) is 2.09. The van der Waals surface area contributed by atoms with E-state index in [1.54, 1.807) is 25.0 Å². The number of benzene rings is 2. The second kappa shape index (κ2) is 8.94. The van der Waals surface area contributed by atoms with Crippen molar-refractivity contribution >= 4 is 5.91 Å². The fourth-order valence-corrected chi connectivity index (χ4v) is 2.67. The normalized spacial score (nSPS) is 10.4. The first-order valence-corrected chi connectivity index (χ1v) is 8.87. The highest BCUT2D eigenvalue weighted by molar-refractivity contribution is 5.92. The Labute approximate surface area is 163 Å². The molecule has 3 aromatic rings. The minimum Gasteiger partial charge on any atom is -0.497 e. The smallest absolute Gasteiger partial charge is 0.271 e. The lowest BCUT2D eigenvalue weighted by Crippen LogP contribution is -2.28. The SMILES string of the molecule is COc1ccc(OCCNC(=O)c2cc(C)n(-c3ccc(OC)cc3)n2)cc1. The van der Waals surface area contributed by atoms with Crippen LogP contribution in [-0.2, 0) is 0 Å². The molecule has 0 aliphatic carbocycles. The standard InChI is InChI=1S/C21H23N3O4/c1-15-14-20(23-24(15)16-4-6-17(26-2)7-5-16)21(25)22-12-13-28-19-10-8-18(27-3)9-11-19/h4-11,14H,12-13H2,1-3H3,(H,22,25). The predicted octanol–water partition coefficient (Wildman–Crippen LogP) is 3.01. The summed E-state index contributed by atoms with van der Waals surface area (Å²) in [5, 5.41) is 7.22. The van der Waals surface area contributed by atoms with Gasteiger partial charge in [-0.3, -0.25) is 4.79 Å². The highest BCUT2D eigenvalue weighted by Gasteiger charge is 2.13. The van der Waals surface area contributed by atoms with Gasteiger partial charge in [-0.1, -0.05) is 0 Å². The van der Waals surface area contributed by atoms with E-state index in [1.165, 1.54) is 0 Å². The Morgan fingerprint density at radius 1 is 0.964 bits per heavy atom. The molecule has 1 heterocycles. The Balaban J connectivity index is 1.54. The molecule has 0 atom stereocenters. The Morgan fingerprint density at radius 2 is 1.54 bits per heavy atom. The summed E-state index contributed by atoms with van der Waals surface area (Å²) in [5.74, 6) is 2.01. The minimum atomic E-state index is -0.242. The number of nitrogens with zero attached hydrogens (tertiary/aromatic N) is 2. The number of ether oxygens (including phenoxy) is 3. The van der Waals surface area contributed by atoms with Crippen molar-refractivity contribution in [2.24, 2.45) is 0 Å². The summed E-state index contributed by atoms with van der Waals surface area (Å²) in [6, 6.07) is 16.5. The number of carbonyl (C=O) groups excluding carboxylic acids is 1. The van der Waals surface area contributed by atoms with Gasteiger partial charge in [-0.15, -0.1) is 0 Å². The Bertz CT molecular complexity index is 918. The van der Waals surface area contributed by atoms with Gasteiger partial charge in [0.05, 0.1) is 26.5 Å². The molecule has 1 amide bonds. The van der Waals surface area contributed by atoms with Crippen LogP contribution in [0.5, 0.6) is 17.2 Å². The monoisotopic (exact) mass is 381 g/mol. The summed E-state index contributed by atoms with van der Waals surface area (Å²) < 4.78 is 17.6. The Kier molecular flexibility index (Phi) is 6.16. The molecule has 0 saturated carbocycles. The highest BCUT2D eigenvalue weighted by atomic mass is 16.5. The molecule has 0 unspecified atom stereocenters. The Hall–Kier alpha value is -3.48. The van der Waals surface area contributed by atoms with Gasteiger partial charge < -0.3 is 19.5 Å². The van der Waals surface area contributed by atoms with Crippen LogP contribution in [0.1, 0.15) is 16.2 Å². The first-order chi connectivity index (χ1) is 13.6. The van der Waals surface area contributed by atoms with Crippen molar-refractivity contribution in [1.29, 1.82) is 0 Å². The van der Waals surface area contributed by atoms with Crippen LogP contribution in [0.15, 0.2) is 54.6 Å². The Morgan fingerprint density at radius 3 is 2.14 bits per heavy atom. The molecule has 2 aromatic carbocycles. The van der Waals surface area contributed by atoms with Crippen molar-refractivity contribution in [2.75, 3.05) is 27.4 Å². The van der Waals surface area contributed by atoms with Crippen LogP contribution in [0.3, 0.4) is 0 Å². The van der Waals surface area contributed by atoms with Crippen molar-refractivity contribution < 1.29 is 19.0 Å². The van der Waals surface area contributed by atoms with E-state index in [0.717, 1.165) is 28.6 Å². The van der Waals surface area contributed by atoms with E-state index in [2.05, 4.69) is 10.4 Å². The second-order valence-corrected chi connectivity index (χ2v) is 6.06. The molecule has 0 fully saturated rings. The summed E-state index contributed by atoms with van der Waals surface area (Å²) >= 11 is 0. The number of methoxy groups -OCH3 is 2. The number of aryl methyl sites for hydroxylation is 1. The van der Waals surface area contributed by atoms with E-state index >= 15 is 0 Å². The molecular weight excluding hydrogens is 358 g/mol. The van der Waals surface area contributed by atoms with Gasteiger partial charge in [-0.2, -0.15) is 5.10 Å². The molecule has 3 rings (SSSR count). The van der Waals surface area contributed by atoms with Crippen LogP contribution in [-0.4, -0.2) is 43.1 Å². The minimum absolute atomic E-state index is 0.242. The van der Waals surface area contributed by atoms with E-state index in [1.807, 2.05) is 55.5 Å². The zero-order valence-corrected chi connectivity index (χ0v) is 16.1. The zero-order chi connectivity index (χ0) is 19.9. The number of hydrogen-bond donors (Lipinski definition) is 1. The van der Waals surface area contributed by atoms with E-state index < -0.39 is 0 Å². The lowest BCUT2D eigenvalue weighted by Gasteiger charge is -2.08. The molecule has 7 heteroatoms. The molecular formula is C21H23N3O4. The highest BCUT2D eigenvalue weighted by Crippen LogP contribution is 2.18. The van der Waals surface area contributed by atoms with Crippen molar-refractivity contribution in [2.45, 2.75) is 6.92 Å². The third-order valence-electron chi connectivity index (χ3n) is 4.15. The number of rotatable bonds is 8. The molecule has 0 spiro atoms. The van der Waals surface area contributed by atoms with Gasteiger partial charge >= 0.3 is 0 Å². The fraction of sp³-hybridized carbons (Fsp3) is 0.238. The van der Waals surface area contributed by atoms with Gasteiger partial charge in [0.25, 0.3) is 5.91 Å². The molecule has 146 valence electrons. The molecule has 28 heavy (non-hydrogen) atoms. The topological polar surface area (TPSA) is 74.6 Å². The number of hydrogen-bond acceptors (Lipinski definition) is 5. The number of carbonyl (C=O) groups is 1. The molecule has 0 aliphatic heterocycles. The molecule has 0 saturated heterocycles. The van der Waals surface area contributed by atoms with Crippen molar-refractivity contribution in [3.05, 3.63) is 66.0 Å². The number of aromatic nitrogens is 2. The number of amides is 1. The molecule has 0 bridgehead atoms. The van der Waals surface area contributed by atoms with Gasteiger partial charge in [0.1, 0.15) is 23.9 Å². The molecule has 7 nitrogen and oxygen atoms in total. The third kappa shape index (κ3) is 4.62. The van der Waals surface area contributed by atoms with Crippen molar-refractivity contribution in [3.63, 3.8) is 0 Å². The van der Waals surface area contributed by atoms with E-state index in [9.17, 15) is 4.79 Å². The summed E-state index contributed by atoms with van der Waals surface area (Å²) in [7, 11) is 3.23. The van der Waals surface area contributed by atoms with Crippen molar-refractivity contribution in [1.82, 2.24) is 15.1 Å². The maximum atomic E-state index is 12.4. The lowest BCUT2D eigenvalue weighted by molar-refractivity contribution is 0.0941. The molecule has 1 aromatic heterocycles. The first-order valence-electron chi connectivity index (χ1n) is 8.87. The summed E-state index contributed by atoms with van der Waals surface area (Å²) in [4.78, 5) is 12.4. The molecule has 1 N–H and O–H groups in total. The average molecular weight is 381 g/mol. The van der Waals surface area contributed by atoms with Gasteiger partial charge in [-0.25, -0.2) is 4.68 Å². The van der Waals surface area contributed by atoms with E-state index in [-0.39, 0.29) is 5.91 Å². The van der Waals surface area contributed by atoms with Gasteiger partial charge in [-0.05, 0) is 61.5 Å². The third-order valence-corrected chi connectivity index (χ3v) is 4.15. The maximum Gasteiger partial charge on any atom is 0.271 e. The predicted molar refractivity (Wildman–Crippen MR) is 106 cm³/mol. The van der Waals surface area contributed by atoms with Crippen molar-refractivity contribution in [3.8, 4) is 22.9 Å². The lowest BCUT2D eigenvalue weighted by atomic mass is 10.3. The number of nitrogens with one attached hydrogen (secondary N) is 1. The first kappa shape index (κ1) is 19.3. The van der Waals surface area contributed by atoms with E-state index in [4.69, 9.17) is 14.2 Å². The largest absolute Gasteiger partial charge is 0.497 e. The van der Waals surface area contributed by atoms with Gasteiger partial charge in [0.2, 0.25) is 0 Å². The molecule has 0 aliphatic rings. The summed E-state index contributed by atoms with van der Waals surface area (Å²) in [6.07, 6.45) is 0. The van der Waals surface area contributed by atoms with Crippen LogP contribution in [0.25, 0.3) is 5.69 Å². The summed E-state index contributed by atoms with van der Waals surface area (Å²) in [6.45, 7) is 2.64. The van der Waals surface area contributed by atoms with Crippen LogP contribution in [0, 0.1) is 6.92 Å². The van der Waals surface area contributed by atoms with E-state index in [0.29, 0.717) is 18.8 Å². The fourth-order valence-electron chi connectivity index (χ4n) is 2.67. The maximum absolute atomic E-state index is 12.4. The quantitative estimate of drug-likeness (QED) is 0.607. The van der Waals surface area contributed by atoms with Gasteiger partial charge in [0, 0.05) is 5.69 Å². The van der Waals surface area contributed by atoms with Crippen LogP contribution < -0.4 is 19.5 Å². The van der Waals surface area contributed by atoms with Gasteiger partial charge in [0.15, 0.2) is 5.69 Å². The van der Waals surface area contributed by atoms with Crippen LogP contribution >= 0.6 is 0 Å². The molecule has 0 radical (unpaired) electrons. The van der Waals surface area contributed by atoms with Crippen LogP contribution in [0.4, 0.5) is 0 Å². The zero-order valence-electron chi connectivity index (χ0n) is 16.1. The second-order valence-electron chi connectivity index (χ2n) is 6.06. The van der Waals surface area contributed by atoms with Crippen LogP contribution in [0.2, 0.25) is 0 Å².